The van der Waals surface area contributed by atoms with Gasteiger partial charge in [-0.2, -0.15) is 0 Å². The second-order valence-electron chi connectivity index (χ2n) is 5.06. The standard InChI is InChI=1S/C15H18N2O2/c1-19-14-8-4-7-12(14)17-15(18)13-9-10-5-2-3-6-11(10)16-13/h2-3,5-6,9,12,14,16H,4,7-8H2,1H3,(H,17,18)/t12-,14-/m0/s1. The third kappa shape index (κ3) is 2.36. The molecule has 0 bridgehead atoms. The first-order valence-electron chi connectivity index (χ1n) is 6.69. The lowest BCUT2D eigenvalue weighted by Gasteiger charge is -2.19. The number of ether oxygens (including phenoxy) is 1. The predicted molar refractivity (Wildman–Crippen MR) is 74.2 cm³/mol. The van der Waals surface area contributed by atoms with Gasteiger partial charge in [0, 0.05) is 18.0 Å². The van der Waals surface area contributed by atoms with E-state index in [2.05, 4.69) is 10.3 Å². The van der Waals surface area contributed by atoms with Gasteiger partial charge >= 0.3 is 0 Å². The molecule has 1 amide bonds. The van der Waals surface area contributed by atoms with E-state index in [1.54, 1.807) is 7.11 Å². The van der Waals surface area contributed by atoms with Crippen molar-refractivity contribution in [2.75, 3.05) is 7.11 Å². The Bertz CT molecular complexity index is 558. The quantitative estimate of drug-likeness (QED) is 0.888. The van der Waals surface area contributed by atoms with E-state index in [4.69, 9.17) is 4.74 Å². The molecular formula is C15H18N2O2. The van der Waals surface area contributed by atoms with Gasteiger partial charge in [-0.05, 0) is 31.4 Å². The molecule has 1 heterocycles. The molecule has 0 saturated heterocycles. The fraction of sp³-hybridized carbons (Fsp3) is 0.400. The molecule has 0 radical (unpaired) electrons. The van der Waals surface area contributed by atoms with Crippen LogP contribution in [-0.4, -0.2) is 30.1 Å². The third-order valence-corrected chi connectivity index (χ3v) is 3.85. The number of benzene rings is 1. The number of para-hydroxylation sites is 1. The minimum Gasteiger partial charge on any atom is -0.379 e. The Hall–Kier alpha value is -1.81. The molecule has 3 rings (SSSR count). The highest BCUT2D eigenvalue weighted by Gasteiger charge is 2.28. The minimum absolute atomic E-state index is 0.0508. The van der Waals surface area contributed by atoms with Crippen LogP contribution in [0, 0.1) is 0 Å². The van der Waals surface area contributed by atoms with Crippen molar-refractivity contribution in [2.45, 2.75) is 31.4 Å². The summed E-state index contributed by atoms with van der Waals surface area (Å²) in [5.74, 6) is -0.0508. The van der Waals surface area contributed by atoms with Crippen molar-refractivity contribution >= 4 is 16.8 Å². The van der Waals surface area contributed by atoms with Gasteiger partial charge in [0.25, 0.3) is 5.91 Å². The van der Waals surface area contributed by atoms with E-state index in [-0.39, 0.29) is 18.1 Å². The fourth-order valence-electron chi connectivity index (χ4n) is 2.82. The van der Waals surface area contributed by atoms with E-state index in [9.17, 15) is 4.79 Å². The molecular weight excluding hydrogens is 240 g/mol. The second kappa shape index (κ2) is 5.05. The molecule has 19 heavy (non-hydrogen) atoms. The molecule has 1 aromatic heterocycles. The predicted octanol–water partition coefficient (Wildman–Crippen LogP) is 2.47. The highest BCUT2D eigenvalue weighted by atomic mass is 16.5. The van der Waals surface area contributed by atoms with Crippen LogP contribution in [-0.2, 0) is 4.74 Å². The van der Waals surface area contributed by atoms with Gasteiger partial charge in [0.2, 0.25) is 0 Å². The number of aromatic nitrogens is 1. The Morgan fingerprint density at radius 2 is 2.21 bits per heavy atom. The van der Waals surface area contributed by atoms with Crippen LogP contribution >= 0.6 is 0 Å². The van der Waals surface area contributed by atoms with Crippen LogP contribution in [0.25, 0.3) is 10.9 Å². The first kappa shape index (κ1) is 12.2. The first-order chi connectivity index (χ1) is 9.28. The van der Waals surface area contributed by atoms with Crippen molar-refractivity contribution in [2.24, 2.45) is 0 Å². The number of carbonyl (C=O) groups excluding carboxylic acids is 1. The van der Waals surface area contributed by atoms with Crippen LogP contribution in [0.2, 0.25) is 0 Å². The van der Waals surface area contributed by atoms with Gasteiger partial charge in [0.05, 0.1) is 12.1 Å². The Morgan fingerprint density at radius 3 is 3.00 bits per heavy atom. The molecule has 1 aliphatic rings. The Balaban J connectivity index is 1.76. The third-order valence-electron chi connectivity index (χ3n) is 3.85. The Kier molecular flexibility index (Phi) is 3.25. The molecule has 0 aliphatic heterocycles. The summed E-state index contributed by atoms with van der Waals surface area (Å²) in [5.41, 5.74) is 1.60. The van der Waals surface area contributed by atoms with Crippen molar-refractivity contribution in [3.63, 3.8) is 0 Å². The fourth-order valence-corrected chi connectivity index (χ4v) is 2.82. The summed E-state index contributed by atoms with van der Waals surface area (Å²) in [6, 6.07) is 9.91. The maximum absolute atomic E-state index is 12.2. The number of H-pyrrole nitrogens is 1. The first-order valence-corrected chi connectivity index (χ1v) is 6.69. The number of amides is 1. The number of rotatable bonds is 3. The summed E-state index contributed by atoms with van der Waals surface area (Å²) in [6.07, 6.45) is 3.27. The number of nitrogens with one attached hydrogen (secondary N) is 2. The summed E-state index contributed by atoms with van der Waals surface area (Å²) in [6.45, 7) is 0. The van der Waals surface area contributed by atoms with Gasteiger partial charge in [-0.1, -0.05) is 18.2 Å². The van der Waals surface area contributed by atoms with E-state index in [1.807, 2.05) is 30.3 Å². The van der Waals surface area contributed by atoms with Crippen molar-refractivity contribution in [3.05, 3.63) is 36.0 Å². The molecule has 1 fully saturated rings. The van der Waals surface area contributed by atoms with Crippen LogP contribution in [0.5, 0.6) is 0 Å². The van der Waals surface area contributed by atoms with Gasteiger partial charge < -0.3 is 15.0 Å². The zero-order chi connectivity index (χ0) is 13.2. The van der Waals surface area contributed by atoms with Crippen molar-refractivity contribution < 1.29 is 9.53 Å². The molecule has 1 aliphatic carbocycles. The summed E-state index contributed by atoms with van der Waals surface area (Å²) >= 11 is 0. The molecule has 1 aromatic carbocycles. The Morgan fingerprint density at radius 1 is 1.37 bits per heavy atom. The molecule has 2 N–H and O–H groups in total. The van der Waals surface area contributed by atoms with Gasteiger partial charge in [-0.25, -0.2) is 0 Å². The molecule has 100 valence electrons. The molecule has 0 unspecified atom stereocenters. The maximum Gasteiger partial charge on any atom is 0.268 e. The average Bonchev–Trinajstić information content (AvgIpc) is 3.03. The SMILES string of the molecule is CO[C@H]1CCC[C@@H]1NC(=O)c1cc2ccccc2[nH]1. The molecule has 2 aromatic rings. The summed E-state index contributed by atoms with van der Waals surface area (Å²) in [7, 11) is 1.71. The number of aromatic amines is 1. The zero-order valence-electron chi connectivity index (χ0n) is 11.0. The highest BCUT2D eigenvalue weighted by molar-refractivity contribution is 5.98. The minimum atomic E-state index is -0.0508. The van der Waals surface area contributed by atoms with Crippen molar-refractivity contribution in [1.29, 1.82) is 0 Å². The monoisotopic (exact) mass is 258 g/mol. The number of fused-ring (bicyclic) bond motifs is 1. The van der Waals surface area contributed by atoms with Crippen molar-refractivity contribution in [1.82, 2.24) is 10.3 Å². The zero-order valence-corrected chi connectivity index (χ0v) is 11.0. The van der Waals surface area contributed by atoms with Crippen LogP contribution in [0.4, 0.5) is 0 Å². The van der Waals surface area contributed by atoms with Crippen molar-refractivity contribution in [3.8, 4) is 0 Å². The van der Waals surface area contributed by atoms with Gasteiger partial charge in [0.15, 0.2) is 0 Å². The number of carbonyl (C=O) groups is 1. The van der Waals surface area contributed by atoms with Gasteiger partial charge in [-0.15, -0.1) is 0 Å². The van der Waals surface area contributed by atoms with E-state index >= 15 is 0 Å². The topological polar surface area (TPSA) is 54.1 Å². The van der Waals surface area contributed by atoms with E-state index in [1.165, 1.54) is 0 Å². The number of hydrogen-bond acceptors (Lipinski definition) is 2. The Labute approximate surface area is 112 Å². The summed E-state index contributed by atoms with van der Waals surface area (Å²) in [4.78, 5) is 15.4. The van der Waals surface area contributed by atoms with E-state index in [0.29, 0.717) is 5.69 Å². The molecule has 1 saturated carbocycles. The van der Waals surface area contributed by atoms with Crippen LogP contribution < -0.4 is 5.32 Å². The smallest absolute Gasteiger partial charge is 0.268 e. The average molecular weight is 258 g/mol. The molecule has 4 nitrogen and oxygen atoms in total. The van der Waals surface area contributed by atoms with Crippen LogP contribution in [0.15, 0.2) is 30.3 Å². The molecule has 0 spiro atoms. The normalized spacial score (nSPS) is 22.8. The van der Waals surface area contributed by atoms with Crippen LogP contribution in [0.3, 0.4) is 0 Å². The largest absolute Gasteiger partial charge is 0.379 e. The van der Waals surface area contributed by atoms with E-state index in [0.717, 1.165) is 30.2 Å². The number of methoxy groups -OCH3 is 1. The lowest BCUT2D eigenvalue weighted by molar-refractivity contribution is 0.0720. The maximum atomic E-state index is 12.2. The van der Waals surface area contributed by atoms with Gasteiger partial charge in [-0.3, -0.25) is 4.79 Å². The lowest BCUT2D eigenvalue weighted by Crippen LogP contribution is -2.40. The summed E-state index contributed by atoms with van der Waals surface area (Å²) in [5, 5.41) is 4.12. The number of hydrogen-bond donors (Lipinski definition) is 2. The molecule has 2 atom stereocenters. The highest BCUT2D eigenvalue weighted by Crippen LogP contribution is 2.22. The van der Waals surface area contributed by atoms with E-state index < -0.39 is 0 Å². The second-order valence-corrected chi connectivity index (χ2v) is 5.06. The molecule has 4 heteroatoms. The summed E-state index contributed by atoms with van der Waals surface area (Å²) < 4.78 is 5.39. The van der Waals surface area contributed by atoms with Gasteiger partial charge in [0.1, 0.15) is 5.69 Å². The lowest BCUT2D eigenvalue weighted by atomic mass is 10.2. The van der Waals surface area contributed by atoms with Crippen LogP contribution in [0.1, 0.15) is 29.8 Å².